The second kappa shape index (κ2) is 8.58. The number of aryl methyl sites for hydroxylation is 2. The number of nitro groups is 1. The van der Waals surface area contributed by atoms with Gasteiger partial charge in [-0.3, -0.25) is 24.8 Å². The molecule has 3 aromatic rings. The van der Waals surface area contributed by atoms with Crippen LogP contribution in [0.4, 0.5) is 11.4 Å². The van der Waals surface area contributed by atoms with E-state index in [1.807, 2.05) is 6.07 Å². The summed E-state index contributed by atoms with van der Waals surface area (Å²) < 4.78 is 0. The summed E-state index contributed by atoms with van der Waals surface area (Å²) in [5, 5.41) is 20.8. The lowest BCUT2D eigenvalue weighted by Gasteiger charge is -2.24. The Balaban J connectivity index is 1.50. The summed E-state index contributed by atoms with van der Waals surface area (Å²) in [6.45, 7) is 3.84. The van der Waals surface area contributed by atoms with E-state index >= 15 is 0 Å². The summed E-state index contributed by atoms with van der Waals surface area (Å²) in [7, 11) is 0. The first-order valence-electron chi connectivity index (χ1n) is 10.2. The Kier molecular flexibility index (Phi) is 5.67. The van der Waals surface area contributed by atoms with Gasteiger partial charge < -0.3 is 10.2 Å². The quantitative estimate of drug-likeness (QED) is 0.468. The zero-order chi connectivity index (χ0) is 22.8. The van der Waals surface area contributed by atoms with Crippen LogP contribution in [-0.2, 0) is 4.79 Å². The highest BCUT2D eigenvalue weighted by molar-refractivity contribution is 6.02. The number of carbonyl (C=O) groups excluding carboxylic acids is 2. The molecule has 1 aliphatic rings. The minimum Gasteiger partial charge on any atom is -0.327 e. The minimum atomic E-state index is -0.618. The number of aromatic nitrogens is 3. The van der Waals surface area contributed by atoms with Crippen molar-refractivity contribution in [1.29, 1.82) is 0 Å². The monoisotopic (exact) mass is 434 g/mol. The van der Waals surface area contributed by atoms with E-state index < -0.39 is 11.0 Å². The molecule has 1 atom stereocenters. The number of benzene rings is 2. The van der Waals surface area contributed by atoms with Crippen LogP contribution in [0.25, 0.3) is 11.4 Å². The fourth-order valence-corrected chi connectivity index (χ4v) is 3.87. The Morgan fingerprint density at radius 1 is 1.22 bits per heavy atom. The van der Waals surface area contributed by atoms with Crippen molar-refractivity contribution >= 4 is 23.2 Å². The van der Waals surface area contributed by atoms with Gasteiger partial charge in [0.05, 0.1) is 4.92 Å². The lowest BCUT2D eigenvalue weighted by Crippen LogP contribution is -2.43. The second-order valence-electron chi connectivity index (χ2n) is 7.73. The Labute approximate surface area is 183 Å². The third-order valence-electron chi connectivity index (χ3n) is 5.44. The van der Waals surface area contributed by atoms with Crippen LogP contribution in [0.1, 0.15) is 34.6 Å². The predicted molar refractivity (Wildman–Crippen MR) is 117 cm³/mol. The molecule has 0 aliphatic carbocycles. The molecule has 1 fully saturated rings. The molecule has 0 saturated carbocycles. The van der Waals surface area contributed by atoms with Gasteiger partial charge in [0.15, 0.2) is 5.82 Å². The van der Waals surface area contributed by atoms with E-state index in [-0.39, 0.29) is 17.5 Å². The van der Waals surface area contributed by atoms with Crippen molar-refractivity contribution in [2.45, 2.75) is 32.7 Å². The first kappa shape index (κ1) is 21.2. The van der Waals surface area contributed by atoms with Gasteiger partial charge in [-0.1, -0.05) is 12.1 Å². The summed E-state index contributed by atoms with van der Waals surface area (Å²) >= 11 is 0. The summed E-state index contributed by atoms with van der Waals surface area (Å²) in [5.41, 5.74) is 2.03. The Hall–Kier alpha value is -4.08. The largest absolute Gasteiger partial charge is 0.327 e. The SMILES string of the molecule is Cc1nc(-c2cccc(NC(=O)C3CCCN3C(=O)c3ccc([N+](=O)[O-])c(C)c3)c2)n[nH]1. The number of nitrogens with zero attached hydrogens (tertiary/aromatic N) is 4. The molecular formula is C22H22N6O4. The van der Waals surface area contributed by atoms with Crippen LogP contribution in [0.15, 0.2) is 42.5 Å². The molecule has 1 aromatic heterocycles. The molecule has 4 rings (SSSR count). The van der Waals surface area contributed by atoms with E-state index in [1.54, 1.807) is 32.0 Å². The van der Waals surface area contributed by atoms with Crippen molar-refractivity contribution in [3.8, 4) is 11.4 Å². The first-order valence-corrected chi connectivity index (χ1v) is 10.2. The molecule has 1 saturated heterocycles. The van der Waals surface area contributed by atoms with Crippen LogP contribution in [0, 0.1) is 24.0 Å². The second-order valence-corrected chi connectivity index (χ2v) is 7.73. The van der Waals surface area contributed by atoms with Crippen molar-refractivity contribution in [2.24, 2.45) is 0 Å². The number of hydrogen-bond acceptors (Lipinski definition) is 6. The molecule has 1 aliphatic heterocycles. The molecule has 2 aromatic carbocycles. The van der Waals surface area contributed by atoms with Crippen LogP contribution < -0.4 is 5.32 Å². The number of carbonyl (C=O) groups is 2. The van der Waals surface area contributed by atoms with Gasteiger partial charge in [0.2, 0.25) is 5.91 Å². The molecule has 10 heteroatoms. The van der Waals surface area contributed by atoms with E-state index in [9.17, 15) is 19.7 Å². The molecule has 32 heavy (non-hydrogen) atoms. The van der Waals surface area contributed by atoms with Gasteiger partial charge in [0.25, 0.3) is 11.6 Å². The van der Waals surface area contributed by atoms with Crippen molar-refractivity contribution in [1.82, 2.24) is 20.1 Å². The standard InChI is InChI=1S/C22H22N6O4/c1-13-11-16(8-9-18(13)28(31)32)22(30)27-10-4-7-19(27)21(29)24-17-6-3-5-15(12-17)20-23-14(2)25-26-20/h3,5-6,8-9,11-12,19H,4,7,10H2,1-2H3,(H,24,29)(H,23,25,26). The van der Waals surface area contributed by atoms with Crippen molar-refractivity contribution in [3.63, 3.8) is 0 Å². The normalized spacial score (nSPS) is 15.6. The van der Waals surface area contributed by atoms with Gasteiger partial charge in [0, 0.05) is 35.0 Å². The molecule has 0 bridgehead atoms. The van der Waals surface area contributed by atoms with Crippen LogP contribution in [0.2, 0.25) is 0 Å². The van der Waals surface area contributed by atoms with Gasteiger partial charge >= 0.3 is 0 Å². The van der Waals surface area contributed by atoms with E-state index in [0.717, 1.165) is 5.56 Å². The molecule has 10 nitrogen and oxygen atoms in total. The van der Waals surface area contributed by atoms with Crippen molar-refractivity contribution in [2.75, 3.05) is 11.9 Å². The lowest BCUT2D eigenvalue weighted by molar-refractivity contribution is -0.385. The number of anilines is 1. The fraction of sp³-hybridized carbons (Fsp3) is 0.273. The zero-order valence-corrected chi connectivity index (χ0v) is 17.7. The van der Waals surface area contributed by atoms with E-state index in [0.29, 0.717) is 47.8 Å². The average Bonchev–Trinajstić information content (AvgIpc) is 3.42. The average molecular weight is 434 g/mol. The Bertz CT molecular complexity index is 1200. The smallest absolute Gasteiger partial charge is 0.272 e. The molecule has 164 valence electrons. The number of aromatic amines is 1. The van der Waals surface area contributed by atoms with Crippen LogP contribution >= 0.6 is 0 Å². The topological polar surface area (TPSA) is 134 Å². The van der Waals surface area contributed by atoms with Crippen LogP contribution in [0.5, 0.6) is 0 Å². The van der Waals surface area contributed by atoms with E-state index in [1.165, 1.54) is 23.1 Å². The number of hydrogen-bond donors (Lipinski definition) is 2. The summed E-state index contributed by atoms with van der Waals surface area (Å²) in [5.74, 6) is 0.629. The van der Waals surface area contributed by atoms with Crippen LogP contribution in [0.3, 0.4) is 0 Å². The third kappa shape index (κ3) is 4.20. The van der Waals surface area contributed by atoms with Crippen molar-refractivity contribution in [3.05, 3.63) is 69.5 Å². The number of nitrogens with one attached hydrogen (secondary N) is 2. The molecule has 0 spiro atoms. The van der Waals surface area contributed by atoms with E-state index in [4.69, 9.17) is 0 Å². The lowest BCUT2D eigenvalue weighted by atomic mass is 10.1. The van der Waals surface area contributed by atoms with Gasteiger partial charge in [0.1, 0.15) is 11.9 Å². The number of likely N-dealkylation sites (tertiary alicyclic amines) is 1. The maximum absolute atomic E-state index is 13.0. The number of H-pyrrole nitrogens is 1. The molecule has 2 heterocycles. The highest BCUT2D eigenvalue weighted by Crippen LogP contribution is 2.25. The molecule has 2 N–H and O–H groups in total. The minimum absolute atomic E-state index is 0.0428. The molecule has 0 radical (unpaired) electrons. The molecular weight excluding hydrogens is 412 g/mol. The van der Waals surface area contributed by atoms with Gasteiger partial charge in [-0.05, 0) is 51.0 Å². The number of nitro benzene ring substituents is 1. The number of rotatable bonds is 5. The highest BCUT2D eigenvalue weighted by atomic mass is 16.6. The van der Waals surface area contributed by atoms with Crippen LogP contribution in [-0.4, -0.2) is 49.4 Å². The summed E-state index contributed by atoms with van der Waals surface area (Å²) in [4.78, 5) is 42.4. The van der Waals surface area contributed by atoms with Gasteiger partial charge in [-0.15, -0.1) is 0 Å². The number of amides is 2. The van der Waals surface area contributed by atoms with Crippen molar-refractivity contribution < 1.29 is 14.5 Å². The Morgan fingerprint density at radius 3 is 2.72 bits per heavy atom. The van der Waals surface area contributed by atoms with Gasteiger partial charge in [-0.25, -0.2) is 4.98 Å². The zero-order valence-electron chi connectivity index (χ0n) is 17.7. The highest BCUT2D eigenvalue weighted by Gasteiger charge is 2.35. The first-order chi connectivity index (χ1) is 15.3. The summed E-state index contributed by atoms with van der Waals surface area (Å²) in [6, 6.07) is 10.8. The maximum Gasteiger partial charge on any atom is 0.272 e. The van der Waals surface area contributed by atoms with E-state index in [2.05, 4.69) is 20.5 Å². The molecule has 2 amide bonds. The Morgan fingerprint density at radius 2 is 2.03 bits per heavy atom. The fourth-order valence-electron chi connectivity index (χ4n) is 3.87. The predicted octanol–water partition coefficient (Wildman–Crippen LogP) is 3.24. The molecule has 1 unspecified atom stereocenters. The third-order valence-corrected chi connectivity index (χ3v) is 5.44. The maximum atomic E-state index is 13.0. The van der Waals surface area contributed by atoms with Gasteiger partial charge in [-0.2, -0.15) is 5.10 Å². The summed E-state index contributed by atoms with van der Waals surface area (Å²) in [6.07, 6.45) is 1.25.